The lowest BCUT2D eigenvalue weighted by Crippen LogP contribution is -2.14. The lowest BCUT2D eigenvalue weighted by atomic mass is 9.98. The van der Waals surface area contributed by atoms with E-state index in [1.54, 1.807) is 18.2 Å². The van der Waals surface area contributed by atoms with Crippen LogP contribution in [0.25, 0.3) is 22.0 Å². The van der Waals surface area contributed by atoms with Crippen LogP contribution < -0.4 is 9.46 Å². The molecule has 4 aromatic rings. The van der Waals surface area contributed by atoms with Crippen LogP contribution in [0.1, 0.15) is 12.5 Å². The zero-order valence-corrected chi connectivity index (χ0v) is 19.1. The van der Waals surface area contributed by atoms with Crippen molar-refractivity contribution in [2.24, 2.45) is 0 Å². The van der Waals surface area contributed by atoms with E-state index in [1.807, 2.05) is 6.92 Å². The first-order chi connectivity index (χ1) is 15.7. The van der Waals surface area contributed by atoms with Crippen molar-refractivity contribution in [1.82, 2.24) is 9.97 Å². The molecule has 0 aliphatic carbocycles. The molecule has 0 saturated heterocycles. The average molecular weight is 490 g/mol. The molecule has 1 heterocycles. The van der Waals surface area contributed by atoms with Crippen LogP contribution in [0.3, 0.4) is 0 Å². The number of ether oxygens (including phenoxy) is 1. The smallest absolute Gasteiger partial charge is 0.309 e. The van der Waals surface area contributed by atoms with E-state index in [1.165, 1.54) is 43.6 Å². The summed E-state index contributed by atoms with van der Waals surface area (Å²) in [5.74, 6) is -0.576. The molecule has 0 atom stereocenters. The number of methoxy groups -OCH3 is 1. The Morgan fingerprint density at radius 2 is 1.88 bits per heavy atom. The fourth-order valence-corrected chi connectivity index (χ4v) is 5.09. The van der Waals surface area contributed by atoms with E-state index in [9.17, 15) is 12.8 Å². The van der Waals surface area contributed by atoms with Crippen molar-refractivity contribution in [2.45, 2.75) is 18.2 Å². The molecular formula is C23H18ClF2N3O3S. The van der Waals surface area contributed by atoms with Crippen LogP contribution in [0.2, 0.25) is 5.02 Å². The molecule has 170 valence electrons. The molecule has 0 radical (unpaired) electrons. The van der Waals surface area contributed by atoms with Crippen LogP contribution >= 0.6 is 11.6 Å². The molecule has 0 bridgehead atoms. The van der Waals surface area contributed by atoms with Gasteiger partial charge in [-0.05, 0) is 47.9 Å². The molecule has 0 aliphatic rings. The molecule has 1 aromatic heterocycles. The Labute approximate surface area is 194 Å². The van der Waals surface area contributed by atoms with E-state index >= 15 is 4.39 Å². The maximum absolute atomic E-state index is 15.1. The molecule has 0 unspecified atom stereocenters. The van der Waals surface area contributed by atoms with E-state index < -0.39 is 21.9 Å². The van der Waals surface area contributed by atoms with Crippen LogP contribution in [-0.2, 0) is 16.4 Å². The Hall–Kier alpha value is -3.30. The van der Waals surface area contributed by atoms with Gasteiger partial charge in [-0.2, -0.15) is 4.39 Å². The third kappa shape index (κ3) is 4.46. The molecule has 4 rings (SSSR count). The van der Waals surface area contributed by atoms with Gasteiger partial charge in [0.25, 0.3) is 10.0 Å². The van der Waals surface area contributed by atoms with Crippen molar-refractivity contribution in [3.63, 3.8) is 0 Å². The Morgan fingerprint density at radius 3 is 2.58 bits per heavy atom. The predicted molar refractivity (Wildman–Crippen MR) is 123 cm³/mol. The molecular weight excluding hydrogens is 472 g/mol. The molecule has 33 heavy (non-hydrogen) atoms. The standard InChI is InChI=1S/C23H18ClF2N3O3S/c1-3-13-8-14(9-15-12-27-23(26)28-22(13)15)16-10-18(25)19(11-20(16)32-2)29-33(30,31)21-7-5-4-6-17(21)24/h4-12,29H,3H2,1-2H3. The van der Waals surface area contributed by atoms with Gasteiger partial charge in [0, 0.05) is 23.2 Å². The van der Waals surface area contributed by atoms with Crippen molar-refractivity contribution in [3.8, 4) is 16.9 Å². The second-order valence-corrected chi connectivity index (χ2v) is 9.19. The minimum Gasteiger partial charge on any atom is -0.496 e. The van der Waals surface area contributed by atoms with E-state index in [0.717, 1.165) is 5.56 Å². The number of anilines is 1. The van der Waals surface area contributed by atoms with Crippen molar-refractivity contribution in [3.05, 3.63) is 77.2 Å². The normalized spacial score (nSPS) is 11.5. The molecule has 0 aliphatic heterocycles. The van der Waals surface area contributed by atoms with Gasteiger partial charge in [-0.15, -0.1) is 0 Å². The highest BCUT2D eigenvalue weighted by Gasteiger charge is 2.21. The number of benzene rings is 3. The van der Waals surface area contributed by atoms with E-state index in [2.05, 4.69) is 14.7 Å². The number of hydrogen-bond donors (Lipinski definition) is 1. The van der Waals surface area contributed by atoms with Crippen LogP contribution in [0, 0.1) is 11.9 Å². The third-order valence-corrected chi connectivity index (χ3v) is 6.95. The molecule has 3 aromatic carbocycles. The van der Waals surface area contributed by atoms with Crippen molar-refractivity contribution < 1.29 is 21.9 Å². The first-order valence-electron chi connectivity index (χ1n) is 9.84. The summed E-state index contributed by atoms with van der Waals surface area (Å²) in [5, 5.41) is 0.590. The zero-order valence-electron chi connectivity index (χ0n) is 17.6. The summed E-state index contributed by atoms with van der Waals surface area (Å²) in [6.07, 6.45) is 1.08. The molecule has 0 saturated carbocycles. The molecule has 10 heteroatoms. The monoisotopic (exact) mass is 489 g/mol. The van der Waals surface area contributed by atoms with Gasteiger partial charge in [-0.1, -0.05) is 30.7 Å². The van der Waals surface area contributed by atoms with Crippen molar-refractivity contribution in [1.29, 1.82) is 0 Å². The Bertz CT molecular complexity index is 1480. The van der Waals surface area contributed by atoms with E-state index in [-0.39, 0.29) is 21.4 Å². The highest BCUT2D eigenvalue weighted by molar-refractivity contribution is 7.92. The number of nitrogens with one attached hydrogen (secondary N) is 1. The highest BCUT2D eigenvalue weighted by atomic mass is 35.5. The average Bonchev–Trinajstić information content (AvgIpc) is 2.79. The highest BCUT2D eigenvalue weighted by Crippen LogP contribution is 2.37. The van der Waals surface area contributed by atoms with Gasteiger partial charge < -0.3 is 4.74 Å². The first kappa shape index (κ1) is 22.9. The fraction of sp³-hybridized carbons (Fsp3) is 0.130. The summed E-state index contributed by atoms with van der Waals surface area (Å²) < 4.78 is 61.7. The Balaban J connectivity index is 1.81. The van der Waals surface area contributed by atoms with Crippen molar-refractivity contribution in [2.75, 3.05) is 11.8 Å². The summed E-state index contributed by atoms with van der Waals surface area (Å²) in [6.45, 7) is 1.89. The van der Waals surface area contributed by atoms with Crippen molar-refractivity contribution >= 4 is 38.2 Å². The largest absolute Gasteiger partial charge is 0.496 e. The van der Waals surface area contributed by atoms with Crippen LogP contribution in [0.4, 0.5) is 14.5 Å². The molecule has 0 spiro atoms. The summed E-state index contributed by atoms with van der Waals surface area (Å²) in [4.78, 5) is 7.28. The number of hydrogen-bond acceptors (Lipinski definition) is 5. The van der Waals surface area contributed by atoms with Gasteiger partial charge in [0.15, 0.2) is 0 Å². The molecule has 6 nitrogen and oxygen atoms in total. The zero-order chi connectivity index (χ0) is 23.8. The predicted octanol–water partition coefficient (Wildman–Crippen LogP) is 5.60. The van der Waals surface area contributed by atoms with E-state index in [4.69, 9.17) is 16.3 Å². The Kier molecular flexibility index (Phi) is 6.18. The number of nitrogens with zero attached hydrogens (tertiary/aromatic N) is 2. The van der Waals surface area contributed by atoms with Gasteiger partial charge in [0.1, 0.15) is 16.5 Å². The maximum Gasteiger partial charge on any atom is 0.309 e. The summed E-state index contributed by atoms with van der Waals surface area (Å²) >= 11 is 5.99. The number of rotatable bonds is 6. The lowest BCUT2D eigenvalue weighted by molar-refractivity contribution is 0.416. The topological polar surface area (TPSA) is 81.2 Å². The number of sulfonamides is 1. The van der Waals surface area contributed by atoms with E-state index in [0.29, 0.717) is 28.5 Å². The van der Waals surface area contributed by atoms with Gasteiger partial charge in [-0.3, -0.25) is 4.72 Å². The lowest BCUT2D eigenvalue weighted by Gasteiger charge is -2.15. The third-order valence-electron chi connectivity index (χ3n) is 5.08. The number of fused-ring (bicyclic) bond motifs is 1. The van der Waals surface area contributed by atoms with Gasteiger partial charge in [-0.25, -0.2) is 22.8 Å². The first-order valence-corrected chi connectivity index (χ1v) is 11.7. The minimum atomic E-state index is -4.14. The number of halogens is 3. The number of aryl methyl sites for hydroxylation is 1. The van der Waals surface area contributed by atoms with Gasteiger partial charge >= 0.3 is 6.08 Å². The van der Waals surface area contributed by atoms with Crippen LogP contribution in [-0.4, -0.2) is 25.5 Å². The second kappa shape index (κ2) is 8.92. The summed E-state index contributed by atoms with van der Waals surface area (Å²) in [5.41, 5.74) is 1.90. The quantitative estimate of drug-likeness (QED) is 0.356. The SMILES string of the molecule is CCc1cc(-c2cc(F)c(NS(=O)(=O)c3ccccc3Cl)cc2OC)cc2cnc(F)nc12. The minimum absolute atomic E-state index is 0.0101. The fourth-order valence-electron chi connectivity index (χ4n) is 3.51. The van der Waals surface area contributed by atoms with Gasteiger partial charge in [0.2, 0.25) is 0 Å². The summed E-state index contributed by atoms with van der Waals surface area (Å²) in [7, 11) is -2.75. The van der Waals surface area contributed by atoms with Gasteiger partial charge in [0.05, 0.1) is 23.3 Å². The molecule has 0 amide bonds. The molecule has 0 fully saturated rings. The Morgan fingerprint density at radius 1 is 1.12 bits per heavy atom. The summed E-state index contributed by atoms with van der Waals surface area (Å²) in [6, 6.07) is 11.7. The van der Waals surface area contributed by atoms with Crippen LogP contribution in [0.15, 0.2) is 59.6 Å². The number of aromatic nitrogens is 2. The van der Waals surface area contributed by atoms with Crippen LogP contribution in [0.5, 0.6) is 5.75 Å². The maximum atomic E-state index is 15.1. The molecule has 1 N–H and O–H groups in total. The second-order valence-electron chi connectivity index (χ2n) is 7.13.